The summed E-state index contributed by atoms with van der Waals surface area (Å²) in [5.74, 6) is 0.950. The Morgan fingerprint density at radius 1 is 1.41 bits per heavy atom. The van der Waals surface area contributed by atoms with Crippen LogP contribution in [0.4, 0.5) is 0 Å². The smallest absolute Gasteiger partial charge is 0.220 e. The van der Waals surface area contributed by atoms with Crippen LogP contribution in [0.25, 0.3) is 0 Å². The summed E-state index contributed by atoms with van der Waals surface area (Å²) in [5.41, 5.74) is 0. The van der Waals surface area contributed by atoms with Crippen LogP contribution in [0.2, 0.25) is 0 Å². The molecular weight excluding hydrogens is 234 g/mol. The number of amides is 1. The van der Waals surface area contributed by atoms with Gasteiger partial charge >= 0.3 is 0 Å². The van der Waals surface area contributed by atoms with Crippen molar-refractivity contribution in [1.82, 2.24) is 5.32 Å². The molecule has 1 atom stereocenters. The van der Waals surface area contributed by atoms with Gasteiger partial charge in [-0.15, -0.1) is 11.8 Å². The minimum atomic E-state index is -0.149. The molecule has 2 N–H and O–H groups in total. The van der Waals surface area contributed by atoms with Gasteiger partial charge in [-0.1, -0.05) is 18.2 Å². The molecule has 0 bridgehead atoms. The maximum Gasteiger partial charge on any atom is 0.220 e. The molecule has 1 aromatic carbocycles. The van der Waals surface area contributed by atoms with Gasteiger partial charge in [0, 0.05) is 17.4 Å². The molecule has 0 aliphatic carbocycles. The Hall–Kier alpha value is -1.00. The summed E-state index contributed by atoms with van der Waals surface area (Å²) < 4.78 is 0. The van der Waals surface area contributed by atoms with Crippen molar-refractivity contribution < 1.29 is 9.90 Å². The first kappa shape index (κ1) is 14.1. The summed E-state index contributed by atoms with van der Waals surface area (Å²) in [6, 6.07) is 10.0. The van der Waals surface area contributed by atoms with Crippen LogP contribution in [-0.2, 0) is 4.79 Å². The Balaban J connectivity index is 2.10. The molecule has 0 saturated heterocycles. The van der Waals surface area contributed by atoms with Gasteiger partial charge < -0.3 is 10.4 Å². The molecular formula is C13H19NO2S. The van der Waals surface area contributed by atoms with Crippen LogP contribution in [0.5, 0.6) is 0 Å². The molecule has 0 heterocycles. The van der Waals surface area contributed by atoms with Gasteiger partial charge in [-0.3, -0.25) is 4.79 Å². The standard InChI is InChI=1S/C13H19NO2S/c1-11(10-15)14-13(16)8-5-9-17-12-6-3-2-4-7-12/h2-4,6-7,11,15H,5,8-10H2,1H3,(H,14,16). The van der Waals surface area contributed by atoms with E-state index in [9.17, 15) is 4.79 Å². The normalized spacial score (nSPS) is 12.1. The Labute approximate surface area is 107 Å². The second-order valence-electron chi connectivity index (χ2n) is 3.92. The number of nitrogens with one attached hydrogen (secondary N) is 1. The van der Waals surface area contributed by atoms with E-state index >= 15 is 0 Å². The SMILES string of the molecule is CC(CO)NC(=O)CCCSc1ccccc1. The van der Waals surface area contributed by atoms with Crippen molar-refractivity contribution in [2.75, 3.05) is 12.4 Å². The van der Waals surface area contributed by atoms with Crippen LogP contribution < -0.4 is 5.32 Å². The highest BCUT2D eigenvalue weighted by Crippen LogP contribution is 2.18. The summed E-state index contributed by atoms with van der Waals surface area (Å²) in [6.07, 6.45) is 1.37. The number of hydrogen-bond donors (Lipinski definition) is 2. The van der Waals surface area contributed by atoms with Gasteiger partial charge in [-0.25, -0.2) is 0 Å². The highest BCUT2D eigenvalue weighted by molar-refractivity contribution is 7.99. The van der Waals surface area contributed by atoms with E-state index < -0.39 is 0 Å². The molecule has 0 radical (unpaired) electrons. The lowest BCUT2D eigenvalue weighted by atomic mass is 10.3. The molecule has 0 aliphatic rings. The number of aliphatic hydroxyl groups is 1. The number of thioether (sulfide) groups is 1. The average molecular weight is 253 g/mol. The fourth-order valence-electron chi connectivity index (χ4n) is 1.33. The highest BCUT2D eigenvalue weighted by Gasteiger charge is 2.05. The number of benzene rings is 1. The zero-order valence-electron chi connectivity index (χ0n) is 10.1. The molecule has 17 heavy (non-hydrogen) atoms. The number of carbonyl (C=O) groups is 1. The van der Waals surface area contributed by atoms with Gasteiger partial charge in [-0.05, 0) is 31.2 Å². The maximum atomic E-state index is 11.4. The molecule has 0 aliphatic heterocycles. The van der Waals surface area contributed by atoms with E-state index in [0.29, 0.717) is 6.42 Å². The van der Waals surface area contributed by atoms with Crippen molar-refractivity contribution in [1.29, 1.82) is 0 Å². The molecule has 0 spiro atoms. The monoisotopic (exact) mass is 253 g/mol. The van der Waals surface area contributed by atoms with Crippen LogP contribution in [0.1, 0.15) is 19.8 Å². The minimum absolute atomic E-state index is 0.00942. The van der Waals surface area contributed by atoms with Crippen LogP contribution in [0, 0.1) is 0 Å². The minimum Gasteiger partial charge on any atom is -0.394 e. The Kier molecular flexibility index (Phi) is 6.74. The summed E-state index contributed by atoms with van der Waals surface area (Å²) in [6.45, 7) is 1.78. The van der Waals surface area contributed by atoms with E-state index in [1.807, 2.05) is 18.2 Å². The van der Waals surface area contributed by atoms with Gasteiger partial charge in [0.2, 0.25) is 5.91 Å². The van der Waals surface area contributed by atoms with Gasteiger partial charge in [0.25, 0.3) is 0 Å². The predicted octanol–water partition coefficient (Wildman–Crippen LogP) is 2.06. The molecule has 0 fully saturated rings. The third kappa shape index (κ3) is 6.34. The third-order valence-electron chi connectivity index (χ3n) is 2.24. The molecule has 1 unspecified atom stereocenters. The van der Waals surface area contributed by atoms with Gasteiger partial charge in [0.1, 0.15) is 0 Å². The van der Waals surface area contributed by atoms with Crippen LogP contribution in [0.15, 0.2) is 35.2 Å². The van der Waals surface area contributed by atoms with Crippen molar-refractivity contribution in [3.63, 3.8) is 0 Å². The largest absolute Gasteiger partial charge is 0.394 e. The number of aliphatic hydroxyl groups excluding tert-OH is 1. The molecule has 1 amide bonds. The van der Waals surface area contributed by atoms with E-state index in [2.05, 4.69) is 17.4 Å². The van der Waals surface area contributed by atoms with E-state index in [0.717, 1.165) is 12.2 Å². The van der Waals surface area contributed by atoms with Crippen LogP contribution in [0.3, 0.4) is 0 Å². The summed E-state index contributed by atoms with van der Waals surface area (Å²) in [5, 5.41) is 11.5. The van der Waals surface area contributed by atoms with Crippen molar-refractivity contribution in [3.05, 3.63) is 30.3 Å². The van der Waals surface area contributed by atoms with E-state index in [-0.39, 0.29) is 18.6 Å². The van der Waals surface area contributed by atoms with Gasteiger partial charge in [0.15, 0.2) is 0 Å². The lowest BCUT2D eigenvalue weighted by Crippen LogP contribution is -2.34. The number of hydrogen-bond acceptors (Lipinski definition) is 3. The van der Waals surface area contributed by atoms with E-state index in [1.165, 1.54) is 4.90 Å². The Morgan fingerprint density at radius 2 is 2.12 bits per heavy atom. The Morgan fingerprint density at radius 3 is 2.76 bits per heavy atom. The van der Waals surface area contributed by atoms with E-state index in [1.54, 1.807) is 18.7 Å². The number of rotatable bonds is 7. The zero-order chi connectivity index (χ0) is 12.5. The second kappa shape index (κ2) is 8.14. The molecule has 0 aromatic heterocycles. The van der Waals surface area contributed by atoms with Gasteiger partial charge in [0.05, 0.1) is 6.61 Å². The maximum absolute atomic E-state index is 11.4. The van der Waals surface area contributed by atoms with E-state index in [4.69, 9.17) is 5.11 Å². The number of carbonyl (C=O) groups excluding carboxylic acids is 1. The lowest BCUT2D eigenvalue weighted by molar-refractivity contribution is -0.121. The molecule has 1 aromatic rings. The van der Waals surface area contributed by atoms with Crippen LogP contribution in [-0.4, -0.2) is 29.4 Å². The quantitative estimate of drug-likeness (QED) is 0.577. The fraction of sp³-hybridized carbons (Fsp3) is 0.462. The lowest BCUT2D eigenvalue weighted by Gasteiger charge is -2.10. The highest BCUT2D eigenvalue weighted by atomic mass is 32.2. The summed E-state index contributed by atoms with van der Waals surface area (Å²) >= 11 is 1.76. The van der Waals surface area contributed by atoms with Gasteiger partial charge in [-0.2, -0.15) is 0 Å². The van der Waals surface area contributed by atoms with Crippen molar-refractivity contribution >= 4 is 17.7 Å². The van der Waals surface area contributed by atoms with Crippen LogP contribution >= 0.6 is 11.8 Å². The molecule has 94 valence electrons. The molecule has 0 saturated carbocycles. The molecule has 4 heteroatoms. The zero-order valence-corrected chi connectivity index (χ0v) is 10.9. The first-order valence-corrected chi connectivity index (χ1v) is 6.79. The summed E-state index contributed by atoms with van der Waals surface area (Å²) in [7, 11) is 0. The second-order valence-corrected chi connectivity index (χ2v) is 5.08. The summed E-state index contributed by atoms with van der Waals surface area (Å²) in [4.78, 5) is 12.6. The average Bonchev–Trinajstić information content (AvgIpc) is 2.36. The predicted molar refractivity (Wildman–Crippen MR) is 71.1 cm³/mol. The molecule has 1 rings (SSSR count). The third-order valence-corrected chi connectivity index (χ3v) is 3.34. The topological polar surface area (TPSA) is 49.3 Å². The van der Waals surface area contributed by atoms with Crippen molar-refractivity contribution in [3.8, 4) is 0 Å². The fourth-order valence-corrected chi connectivity index (χ4v) is 2.21. The van der Waals surface area contributed by atoms with Crippen molar-refractivity contribution in [2.45, 2.75) is 30.7 Å². The van der Waals surface area contributed by atoms with Crippen molar-refractivity contribution in [2.24, 2.45) is 0 Å². The Bertz CT molecular complexity index is 329. The first-order valence-electron chi connectivity index (χ1n) is 5.80. The first-order chi connectivity index (χ1) is 8.22. The molecule has 3 nitrogen and oxygen atoms in total.